The van der Waals surface area contributed by atoms with E-state index in [-0.39, 0.29) is 30.6 Å². The van der Waals surface area contributed by atoms with Gasteiger partial charge in [0.05, 0.1) is 28.6 Å². The standard InChI is InChI=1S/C21H19N3O4/c1-14(2)28-16-9-7-15(8-10-16)21(26)27-13-19-23-18-6-4-3-5-17(18)20(25)24(19)12-11-22/h3-10,14H,12-13H2,1-2H3. The summed E-state index contributed by atoms with van der Waals surface area (Å²) in [6.07, 6.45) is 0.0358. The average Bonchev–Trinajstić information content (AvgIpc) is 2.69. The molecule has 0 amide bonds. The van der Waals surface area contributed by atoms with Gasteiger partial charge in [0.25, 0.3) is 5.56 Å². The van der Waals surface area contributed by atoms with E-state index < -0.39 is 5.97 Å². The van der Waals surface area contributed by atoms with E-state index in [9.17, 15) is 9.59 Å². The Morgan fingerprint density at radius 3 is 2.57 bits per heavy atom. The smallest absolute Gasteiger partial charge is 0.338 e. The normalized spacial score (nSPS) is 10.6. The molecule has 28 heavy (non-hydrogen) atoms. The fourth-order valence-corrected chi connectivity index (χ4v) is 2.71. The molecule has 0 aliphatic carbocycles. The van der Waals surface area contributed by atoms with Crippen LogP contribution in [0, 0.1) is 11.3 Å². The Hall–Kier alpha value is -3.66. The predicted molar refractivity (Wildman–Crippen MR) is 103 cm³/mol. The van der Waals surface area contributed by atoms with Gasteiger partial charge in [0.1, 0.15) is 18.9 Å². The molecule has 1 aromatic heterocycles. The number of para-hydroxylation sites is 1. The van der Waals surface area contributed by atoms with Crippen molar-refractivity contribution in [1.29, 1.82) is 5.26 Å². The molecular weight excluding hydrogens is 358 g/mol. The van der Waals surface area contributed by atoms with Gasteiger partial charge in [-0.1, -0.05) is 12.1 Å². The minimum absolute atomic E-state index is 0.0358. The van der Waals surface area contributed by atoms with Crippen LogP contribution in [0.5, 0.6) is 5.75 Å². The van der Waals surface area contributed by atoms with Crippen LogP contribution in [0.15, 0.2) is 53.3 Å². The highest BCUT2D eigenvalue weighted by molar-refractivity contribution is 5.89. The Labute approximate surface area is 161 Å². The summed E-state index contributed by atoms with van der Waals surface area (Å²) in [5.74, 6) is 0.325. The fourth-order valence-electron chi connectivity index (χ4n) is 2.71. The molecule has 0 aliphatic rings. The molecule has 0 saturated carbocycles. The molecule has 0 atom stereocenters. The van der Waals surface area contributed by atoms with Gasteiger partial charge in [-0.25, -0.2) is 9.78 Å². The fraction of sp³-hybridized carbons (Fsp3) is 0.238. The first-order valence-corrected chi connectivity index (χ1v) is 8.79. The average molecular weight is 377 g/mol. The van der Waals surface area contributed by atoms with Gasteiger partial charge in [0.2, 0.25) is 0 Å². The molecule has 0 radical (unpaired) electrons. The number of aromatic nitrogens is 2. The number of hydrogen-bond acceptors (Lipinski definition) is 6. The maximum Gasteiger partial charge on any atom is 0.338 e. The van der Waals surface area contributed by atoms with E-state index in [2.05, 4.69) is 4.98 Å². The van der Waals surface area contributed by atoms with Gasteiger partial charge in [-0.2, -0.15) is 5.26 Å². The number of benzene rings is 2. The van der Waals surface area contributed by atoms with Crippen molar-refractivity contribution >= 4 is 16.9 Å². The van der Waals surface area contributed by atoms with E-state index in [4.69, 9.17) is 14.7 Å². The molecule has 3 aromatic rings. The van der Waals surface area contributed by atoms with Crippen LogP contribution in [-0.2, 0) is 17.9 Å². The number of carbonyl (C=O) groups excluding carboxylic acids is 1. The highest BCUT2D eigenvalue weighted by Gasteiger charge is 2.14. The SMILES string of the molecule is CC(C)Oc1ccc(C(=O)OCc2nc3ccccc3c(=O)n2CC#N)cc1. The number of carbonyl (C=O) groups is 1. The van der Waals surface area contributed by atoms with E-state index in [0.29, 0.717) is 22.2 Å². The van der Waals surface area contributed by atoms with E-state index >= 15 is 0 Å². The molecule has 0 unspecified atom stereocenters. The first-order chi connectivity index (χ1) is 13.5. The van der Waals surface area contributed by atoms with Crippen molar-refractivity contribution in [1.82, 2.24) is 9.55 Å². The zero-order valence-corrected chi connectivity index (χ0v) is 15.6. The zero-order valence-electron chi connectivity index (χ0n) is 15.6. The molecule has 0 saturated heterocycles. The number of hydrogen-bond donors (Lipinski definition) is 0. The van der Waals surface area contributed by atoms with Gasteiger partial charge in [0.15, 0.2) is 5.82 Å². The Balaban J connectivity index is 1.81. The first kappa shape index (κ1) is 19.1. The van der Waals surface area contributed by atoms with Crippen LogP contribution >= 0.6 is 0 Å². The summed E-state index contributed by atoms with van der Waals surface area (Å²) in [5, 5.41) is 9.44. The van der Waals surface area contributed by atoms with Gasteiger partial charge in [-0.3, -0.25) is 9.36 Å². The highest BCUT2D eigenvalue weighted by atomic mass is 16.5. The van der Waals surface area contributed by atoms with Crippen molar-refractivity contribution in [3.8, 4) is 11.8 Å². The summed E-state index contributed by atoms with van der Waals surface area (Å²) in [6, 6.07) is 15.4. The lowest BCUT2D eigenvalue weighted by Crippen LogP contribution is -2.26. The van der Waals surface area contributed by atoms with E-state index in [1.54, 1.807) is 48.5 Å². The van der Waals surface area contributed by atoms with Crippen molar-refractivity contribution in [3.05, 3.63) is 70.3 Å². The summed E-state index contributed by atoms with van der Waals surface area (Å²) in [5.41, 5.74) is 0.502. The lowest BCUT2D eigenvalue weighted by Gasteiger charge is -2.12. The molecule has 0 N–H and O–H groups in total. The number of ether oxygens (including phenoxy) is 2. The van der Waals surface area contributed by atoms with Crippen molar-refractivity contribution in [2.75, 3.05) is 0 Å². The van der Waals surface area contributed by atoms with Crippen molar-refractivity contribution in [2.24, 2.45) is 0 Å². The summed E-state index contributed by atoms with van der Waals surface area (Å²) < 4.78 is 12.1. The molecule has 0 fully saturated rings. The molecule has 0 aliphatic heterocycles. The molecule has 0 bridgehead atoms. The molecule has 3 rings (SSSR count). The van der Waals surface area contributed by atoms with E-state index in [1.165, 1.54) is 4.57 Å². The lowest BCUT2D eigenvalue weighted by molar-refractivity contribution is 0.0457. The predicted octanol–water partition coefficient (Wildman–Crippen LogP) is 3.06. The minimum atomic E-state index is -0.554. The molecular formula is C21H19N3O4. The summed E-state index contributed by atoms with van der Waals surface area (Å²) in [7, 11) is 0. The summed E-state index contributed by atoms with van der Waals surface area (Å²) >= 11 is 0. The largest absolute Gasteiger partial charge is 0.491 e. The molecule has 142 valence electrons. The van der Waals surface area contributed by atoms with Gasteiger partial charge in [-0.05, 0) is 50.2 Å². The number of fused-ring (bicyclic) bond motifs is 1. The third-order valence-electron chi connectivity index (χ3n) is 3.96. The number of rotatable bonds is 6. The number of nitrogens with zero attached hydrogens (tertiary/aromatic N) is 3. The maximum absolute atomic E-state index is 12.6. The van der Waals surface area contributed by atoms with Crippen LogP contribution in [0.25, 0.3) is 10.9 Å². The molecule has 2 aromatic carbocycles. The Morgan fingerprint density at radius 1 is 1.18 bits per heavy atom. The zero-order chi connectivity index (χ0) is 20.1. The number of nitriles is 1. The Morgan fingerprint density at radius 2 is 1.89 bits per heavy atom. The van der Waals surface area contributed by atoms with Crippen molar-refractivity contribution in [3.63, 3.8) is 0 Å². The number of esters is 1. The minimum Gasteiger partial charge on any atom is -0.491 e. The second kappa shape index (κ2) is 8.35. The molecule has 1 heterocycles. The van der Waals surface area contributed by atoms with E-state index in [1.807, 2.05) is 19.9 Å². The van der Waals surface area contributed by atoms with E-state index in [0.717, 1.165) is 0 Å². The van der Waals surface area contributed by atoms with Crippen LogP contribution in [0.4, 0.5) is 0 Å². The van der Waals surface area contributed by atoms with Gasteiger partial charge < -0.3 is 9.47 Å². The van der Waals surface area contributed by atoms with Crippen LogP contribution in [-0.4, -0.2) is 21.6 Å². The first-order valence-electron chi connectivity index (χ1n) is 8.79. The third kappa shape index (κ3) is 4.18. The monoisotopic (exact) mass is 377 g/mol. The van der Waals surface area contributed by atoms with Crippen LogP contribution in [0.2, 0.25) is 0 Å². The highest BCUT2D eigenvalue weighted by Crippen LogP contribution is 2.15. The van der Waals surface area contributed by atoms with Gasteiger partial charge in [0, 0.05) is 0 Å². The lowest BCUT2D eigenvalue weighted by atomic mass is 10.2. The Bertz CT molecular complexity index is 1100. The quantitative estimate of drug-likeness (QED) is 0.613. The summed E-state index contributed by atoms with van der Waals surface area (Å²) in [6.45, 7) is 3.44. The second-order valence-corrected chi connectivity index (χ2v) is 6.36. The van der Waals surface area contributed by atoms with Crippen LogP contribution in [0.3, 0.4) is 0 Å². The summed E-state index contributed by atoms with van der Waals surface area (Å²) in [4.78, 5) is 29.3. The Kier molecular flexibility index (Phi) is 5.70. The molecule has 7 nitrogen and oxygen atoms in total. The van der Waals surface area contributed by atoms with Gasteiger partial charge >= 0.3 is 5.97 Å². The van der Waals surface area contributed by atoms with Gasteiger partial charge in [-0.15, -0.1) is 0 Å². The second-order valence-electron chi connectivity index (χ2n) is 6.36. The van der Waals surface area contributed by atoms with Crippen molar-refractivity contribution < 1.29 is 14.3 Å². The third-order valence-corrected chi connectivity index (χ3v) is 3.96. The van der Waals surface area contributed by atoms with Crippen molar-refractivity contribution in [2.45, 2.75) is 33.1 Å². The molecule has 0 spiro atoms. The van der Waals surface area contributed by atoms with Crippen LogP contribution < -0.4 is 10.3 Å². The maximum atomic E-state index is 12.6. The molecule has 7 heteroatoms. The van der Waals surface area contributed by atoms with Crippen LogP contribution in [0.1, 0.15) is 30.0 Å². The topological polar surface area (TPSA) is 94.2 Å².